The van der Waals surface area contributed by atoms with Crippen molar-refractivity contribution >= 4 is 34.4 Å². The number of unbranched alkanes of at least 4 members (excludes halogenated alkanes) is 1. The van der Waals surface area contributed by atoms with Crippen LogP contribution in [0, 0.1) is 0 Å². The molecule has 1 rings (SSSR count). The number of allylic oxidation sites excluding steroid dienone is 1. The molecule has 0 aromatic heterocycles. The Kier molecular flexibility index (Phi) is 4.53. The van der Waals surface area contributed by atoms with Gasteiger partial charge in [0.05, 0.1) is 9.98 Å². The first-order valence-electron chi connectivity index (χ1n) is 4.70. The molecule has 0 unspecified atom stereocenters. The van der Waals surface area contributed by atoms with Crippen molar-refractivity contribution in [3.63, 3.8) is 0 Å². The lowest BCUT2D eigenvalue weighted by atomic mass is 10.1. The van der Waals surface area contributed by atoms with Crippen LogP contribution < -0.4 is 0 Å². The quantitative estimate of drug-likeness (QED) is 0.401. The summed E-state index contributed by atoms with van der Waals surface area (Å²) in [5.41, 5.74) is 0. The first kappa shape index (κ1) is 10.8. The van der Waals surface area contributed by atoms with Crippen LogP contribution in [0.25, 0.3) is 0 Å². The first-order valence-corrected chi connectivity index (χ1v) is 5.51. The minimum Gasteiger partial charge on any atom is -0.331 e. The van der Waals surface area contributed by atoms with Crippen molar-refractivity contribution in [1.29, 1.82) is 0 Å². The van der Waals surface area contributed by atoms with Gasteiger partial charge in [0.2, 0.25) is 0 Å². The van der Waals surface area contributed by atoms with Crippen LogP contribution in [0.15, 0.2) is 12.7 Å². The van der Waals surface area contributed by atoms with Crippen LogP contribution in [0.4, 0.5) is 0 Å². The maximum Gasteiger partial charge on any atom is 0.0827 e. The van der Waals surface area contributed by atoms with Gasteiger partial charge in [0.15, 0.2) is 0 Å². The van der Waals surface area contributed by atoms with Gasteiger partial charge in [0.25, 0.3) is 0 Å². The molecule has 0 amide bonds. The van der Waals surface area contributed by atoms with Crippen LogP contribution in [-0.4, -0.2) is 21.4 Å². The Balaban J connectivity index is 2.39. The molecule has 1 aliphatic rings. The summed E-state index contributed by atoms with van der Waals surface area (Å²) >= 11 is 10.5. The van der Waals surface area contributed by atoms with Crippen LogP contribution in [-0.2, 0) is 0 Å². The second kappa shape index (κ2) is 5.45. The number of rotatable bonds is 4. The van der Waals surface area contributed by atoms with E-state index in [0.29, 0.717) is 0 Å². The lowest BCUT2D eigenvalue weighted by molar-refractivity contribution is 0.549. The predicted octanol–water partition coefficient (Wildman–Crippen LogP) is 3.09. The second-order valence-corrected chi connectivity index (χ2v) is 4.17. The number of thiocarbonyl (C=S) groups is 2. The molecule has 13 heavy (non-hydrogen) atoms. The Morgan fingerprint density at radius 1 is 1.31 bits per heavy atom. The zero-order valence-corrected chi connectivity index (χ0v) is 9.42. The van der Waals surface area contributed by atoms with Crippen LogP contribution in [0.1, 0.15) is 32.1 Å². The van der Waals surface area contributed by atoms with E-state index in [1.54, 1.807) is 0 Å². The van der Waals surface area contributed by atoms with E-state index in [1.807, 2.05) is 6.08 Å². The third kappa shape index (κ3) is 3.16. The van der Waals surface area contributed by atoms with Gasteiger partial charge < -0.3 is 4.90 Å². The normalized spacial score (nSPS) is 17.7. The number of likely N-dealkylation sites (tertiary alicyclic amines) is 1. The minimum atomic E-state index is 0.976. The van der Waals surface area contributed by atoms with Crippen molar-refractivity contribution in [1.82, 2.24) is 4.90 Å². The number of nitrogens with zero attached hydrogens (tertiary/aromatic N) is 1. The van der Waals surface area contributed by atoms with Crippen LogP contribution >= 0.6 is 24.4 Å². The Hall–Kier alpha value is -0.280. The van der Waals surface area contributed by atoms with E-state index in [-0.39, 0.29) is 0 Å². The van der Waals surface area contributed by atoms with E-state index in [2.05, 4.69) is 11.5 Å². The van der Waals surface area contributed by atoms with Crippen LogP contribution in [0.5, 0.6) is 0 Å². The Morgan fingerprint density at radius 2 is 1.92 bits per heavy atom. The highest BCUT2D eigenvalue weighted by molar-refractivity contribution is 7.81. The van der Waals surface area contributed by atoms with Gasteiger partial charge in [0.1, 0.15) is 0 Å². The maximum atomic E-state index is 5.27. The summed E-state index contributed by atoms with van der Waals surface area (Å²) in [6.07, 6.45) is 7.28. The largest absolute Gasteiger partial charge is 0.331 e. The smallest absolute Gasteiger partial charge is 0.0827 e. The fourth-order valence-electron chi connectivity index (χ4n) is 1.44. The summed E-state index contributed by atoms with van der Waals surface area (Å²) < 4.78 is 0. The Labute approximate surface area is 90.8 Å². The van der Waals surface area contributed by atoms with Crippen molar-refractivity contribution < 1.29 is 0 Å². The van der Waals surface area contributed by atoms with E-state index in [4.69, 9.17) is 24.4 Å². The lowest BCUT2D eigenvalue weighted by Crippen LogP contribution is -2.38. The molecule has 0 N–H and O–H groups in total. The molecule has 0 bridgehead atoms. The lowest BCUT2D eigenvalue weighted by Gasteiger charge is -2.29. The zero-order valence-electron chi connectivity index (χ0n) is 7.79. The van der Waals surface area contributed by atoms with Gasteiger partial charge in [-0.25, -0.2) is 0 Å². The van der Waals surface area contributed by atoms with Crippen LogP contribution in [0.2, 0.25) is 0 Å². The summed E-state index contributed by atoms with van der Waals surface area (Å²) in [5.74, 6) is 0. The third-order valence-electron chi connectivity index (χ3n) is 2.17. The predicted molar refractivity (Wildman–Crippen MR) is 65.2 cm³/mol. The van der Waals surface area contributed by atoms with Gasteiger partial charge in [-0.05, 0) is 32.1 Å². The van der Waals surface area contributed by atoms with Crippen molar-refractivity contribution in [2.24, 2.45) is 0 Å². The molecule has 1 fully saturated rings. The van der Waals surface area contributed by atoms with Gasteiger partial charge in [-0.1, -0.05) is 30.5 Å². The van der Waals surface area contributed by atoms with Gasteiger partial charge in [-0.3, -0.25) is 0 Å². The molecule has 1 heterocycles. The zero-order chi connectivity index (χ0) is 9.68. The fraction of sp³-hybridized carbons (Fsp3) is 0.600. The highest BCUT2D eigenvalue weighted by Crippen LogP contribution is 2.15. The SMILES string of the molecule is C=CCCCN1C(=S)CCCC1=S. The molecule has 1 aliphatic heterocycles. The topological polar surface area (TPSA) is 3.24 Å². The van der Waals surface area contributed by atoms with Crippen molar-refractivity contribution in [2.75, 3.05) is 6.54 Å². The maximum absolute atomic E-state index is 5.27. The molecule has 1 saturated heterocycles. The minimum absolute atomic E-state index is 0.976. The molecule has 72 valence electrons. The highest BCUT2D eigenvalue weighted by atomic mass is 32.1. The van der Waals surface area contributed by atoms with Gasteiger partial charge in [0, 0.05) is 6.54 Å². The van der Waals surface area contributed by atoms with Crippen molar-refractivity contribution in [3.8, 4) is 0 Å². The molecule has 0 aliphatic carbocycles. The summed E-state index contributed by atoms with van der Waals surface area (Å²) in [4.78, 5) is 4.18. The molecule has 3 heteroatoms. The fourth-order valence-corrected chi connectivity index (χ4v) is 2.19. The molecular weight excluding hydrogens is 198 g/mol. The van der Waals surface area contributed by atoms with E-state index in [0.717, 1.165) is 48.6 Å². The average molecular weight is 213 g/mol. The standard InChI is InChI=1S/C10H15NS2/c1-2-3-4-8-11-9(12)6-5-7-10(11)13/h2H,1,3-8H2. The summed E-state index contributed by atoms with van der Waals surface area (Å²) in [5, 5.41) is 0. The van der Waals surface area contributed by atoms with E-state index in [9.17, 15) is 0 Å². The Morgan fingerprint density at radius 3 is 2.46 bits per heavy atom. The van der Waals surface area contributed by atoms with E-state index in [1.165, 1.54) is 0 Å². The molecule has 0 aromatic carbocycles. The van der Waals surface area contributed by atoms with E-state index < -0.39 is 0 Å². The average Bonchev–Trinajstić information content (AvgIpc) is 2.10. The number of hydrogen-bond donors (Lipinski definition) is 0. The summed E-state index contributed by atoms with van der Waals surface area (Å²) in [7, 11) is 0. The van der Waals surface area contributed by atoms with E-state index >= 15 is 0 Å². The van der Waals surface area contributed by atoms with Crippen LogP contribution in [0.3, 0.4) is 0 Å². The molecular formula is C10H15NS2. The summed E-state index contributed by atoms with van der Waals surface area (Å²) in [6, 6.07) is 0. The molecule has 1 nitrogen and oxygen atoms in total. The van der Waals surface area contributed by atoms with Gasteiger partial charge >= 0.3 is 0 Å². The molecule has 0 saturated carbocycles. The third-order valence-corrected chi connectivity index (χ3v) is 3.02. The number of piperidine rings is 1. The van der Waals surface area contributed by atoms with Gasteiger partial charge in [-0.2, -0.15) is 0 Å². The summed E-state index contributed by atoms with van der Waals surface area (Å²) in [6.45, 7) is 4.67. The molecule has 0 radical (unpaired) electrons. The molecule has 0 aromatic rings. The monoisotopic (exact) mass is 213 g/mol. The molecule has 0 spiro atoms. The van der Waals surface area contributed by atoms with Gasteiger partial charge in [-0.15, -0.1) is 6.58 Å². The van der Waals surface area contributed by atoms with Crippen molar-refractivity contribution in [2.45, 2.75) is 32.1 Å². The number of hydrogen-bond acceptors (Lipinski definition) is 2. The molecule has 0 atom stereocenters. The highest BCUT2D eigenvalue weighted by Gasteiger charge is 2.18. The first-order chi connectivity index (χ1) is 6.25. The Bertz CT molecular complexity index is 207. The van der Waals surface area contributed by atoms with Crippen molar-refractivity contribution in [3.05, 3.63) is 12.7 Å². The second-order valence-electron chi connectivity index (χ2n) is 3.22.